The number of azo groups is 1. The van der Waals surface area contributed by atoms with E-state index in [2.05, 4.69) is 20.3 Å². The second-order valence-electron chi connectivity index (χ2n) is 6.84. The molecule has 0 unspecified atom stereocenters. The Morgan fingerprint density at radius 1 is 1.16 bits per heavy atom. The molecule has 2 N–H and O–H groups in total. The van der Waals surface area contributed by atoms with Crippen LogP contribution in [0.3, 0.4) is 0 Å². The summed E-state index contributed by atoms with van der Waals surface area (Å²) in [5.41, 5.74) is 2.60. The lowest BCUT2D eigenvalue weighted by atomic mass is 10.2. The molecular formula is C19H17N5O5S2. The fourth-order valence-electron chi connectivity index (χ4n) is 3.15. The van der Waals surface area contributed by atoms with E-state index in [1.807, 2.05) is 0 Å². The molecule has 1 amide bonds. The molecule has 0 fully saturated rings. The highest BCUT2D eigenvalue weighted by Gasteiger charge is 2.33. The molecular weight excluding hydrogens is 442 g/mol. The summed E-state index contributed by atoms with van der Waals surface area (Å²) in [6.45, 7) is 2.73. The first-order valence-electron chi connectivity index (χ1n) is 9.05. The van der Waals surface area contributed by atoms with E-state index in [1.54, 1.807) is 50.2 Å². The summed E-state index contributed by atoms with van der Waals surface area (Å²) in [7, 11) is -4.38. The molecule has 0 saturated heterocycles. The molecule has 1 aromatic heterocycles. The van der Waals surface area contributed by atoms with Crippen molar-refractivity contribution in [1.82, 2.24) is 9.99 Å². The summed E-state index contributed by atoms with van der Waals surface area (Å²) < 4.78 is 33.5. The number of hydrogen-bond acceptors (Lipinski definition) is 9. The van der Waals surface area contributed by atoms with Gasteiger partial charge in [-0.25, -0.2) is 9.99 Å². The van der Waals surface area contributed by atoms with Crippen molar-refractivity contribution in [1.29, 1.82) is 0 Å². The molecule has 0 saturated carbocycles. The molecule has 2 aromatic carbocycles. The van der Waals surface area contributed by atoms with Gasteiger partial charge in [-0.05, 0) is 49.7 Å². The smallest absolute Gasteiger partial charge is 0.296 e. The van der Waals surface area contributed by atoms with E-state index in [1.165, 1.54) is 11.3 Å². The van der Waals surface area contributed by atoms with Crippen LogP contribution in [0, 0.1) is 6.92 Å². The number of benzene rings is 2. The Hall–Kier alpha value is -3.06. The van der Waals surface area contributed by atoms with Crippen molar-refractivity contribution < 1.29 is 22.9 Å². The number of hydrazone groups is 1. The van der Waals surface area contributed by atoms with E-state index in [9.17, 15) is 17.8 Å². The molecule has 1 aliphatic rings. The van der Waals surface area contributed by atoms with Gasteiger partial charge < -0.3 is 5.11 Å². The number of amides is 1. The maximum absolute atomic E-state index is 12.0. The molecule has 2 heterocycles. The largest absolute Gasteiger partial charge is 0.374 e. The third-order valence-corrected chi connectivity index (χ3v) is 6.98. The summed E-state index contributed by atoms with van der Waals surface area (Å²) in [5, 5.41) is 22.6. The van der Waals surface area contributed by atoms with Crippen LogP contribution in [-0.4, -0.2) is 52.5 Å². The van der Waals surface area contributed by atoms with Crippen LogP contribution in [0.25, 0.3) is 20.8 Å². The second kappa shape index (κ2) is 7.89. The van der Waals surface area contributed by atoms with Gasteiger partial charge in [0.05, 0.1) is 21.6 Å². The number of aliphatic hydroxyl groups is 1. The zero-order valence-corrected chi connectivity index (χ0v) is 18.1. The van der Waals surface area contributed by atoms with E-state index in [0.717, 1.165) is 10.6 Å². The fourth-order valence-corrected chi connectivity index (χ4v) is 5.47. The second-order valence-corrected chi connectivity index (χ2v) is 9.20. The van der Waals surface area contributed by atoms with E-state index >= 15 is 0 Å². The molecule has 31 heavy (non-hydrogen) atoms. The highest BCUT2D eigenvalue weighted by atomic mass is 32.2. The summed E-state index contributed by atoms with van der Waals surface area (Å²) in [6.07, 6.45) is 0. The highest BCUT2D eigenvalue weighted by Crippen LogP contribution is 2.36. The van der Waals surface area contributed by atoms with Crippen LogP contribution in [0.2, 0.25) is 0 Å². The number of carbonyl (C=O) groups is 1. The predicted molar refractivity (Wildman–Crippen MR) is 115 cm³/mol. The Morgan fingerprint density at radius 2 is 1.87 bits per heavy atom. The number of carbonyl (C=O) groups excluding carboxylic acids is 1. The maximum Gasteiger partial charge on any atom is 0.296 e. The first-order chi connectivity index (χ1) is 14.7. The van der Waals surface area contributed by atoms with Crippen molar-refractivity contribution in [2.75, 3.05) is 6.73 Å². The van der Waals surface area contributed by atoms with Gasteiger partial charge in [0.15, 0.2) is 6.04 Å². The van der Waals surface area contributed by atoms with Crippen molar-refractivity contribution in [2.24, 2.45) is 15.3 Å². The normalized spacial score (nSPS) is 17.2. The first-order valence-corrected chi connectivity index (χ1v) is 11.3. The van der Waals surface area contributed by atoms with Crippen molar-refractivity contribution in [3.63, 3.8) is 0 Å². The molecule has 0 bridgehead atoms. The lowest BCUT2D eigenvalue weighted by molar-refractivity contribution is -0.133. The van der Waals surface area contributed by atoms with Gasteiger partial charge in [-0.1, -0.05) is 6.07 Å². The van der Waals surface area contributed by atoms with Crippen molar-refractivity contribution in [2.45, 2.75) is 24.8 Å². The predicted octanol–water partition coefficient (Wildman–Crippen LogP) is 3.14. The molecule has 12 heteroatoms. The van der Waals surface area contributed by atoms with Crippen LogP contribution >= 0.6 is 11.3 Å². The van der Waals surface area contributed by atoms with Gasteiger partial charge in [0.2, 0.25) is 0 Å². The maximum atomic E-state index is 12.0. The number of thiazole rings is 1. The van der Waals surface area contributed by atoms with Gasteiger partial charge in [-0.3, -0.25) is 9.35 Å². The van der Waals surface area contributed by atoms with Crippen LogP contribution < -0.4 is 0 Å². The number of rotatable bonds is 5. The Morgan fingerprint density at radius 3 is 2.48 bits per heavy atom. The molecule has 4 rings (SSSR count). The first kappa shape index (κ1) is 21.2. The number of aryl methyl sites for hydroxylation is 1. The van der Waals surface area contributed by atoms with Crippen molar-refractivity contribution in [3.05, 3.63) is 42.0 Å². The summed E-state index contributed by atoms with van der Waals surface area (Å²) in [6, 6.07) is 9.34. The number of aromatic nitrogens is 1. The summed E-state index contributed by atoms with van der Waals surface area (Å²) in [5.74, 6) is -0.445. The minimum atomic E-state index is -4.38. The van der Waals surface area contributed by atoms with Gasteiger partial charge in [-0.15, -0.1) is 11.3 Å². The number of hydrogen-bond donors (Lipinski definition) is 2. The lowest BCUT2D eigenvalue weighted by Crippen LogP contribution is -2.30. The molecule has 3 aromatic rings. The zero-order chi connectivity index (χ0) is 22.3. The quantitative estimate of drug-likeness (QED) is 0.443. The highest BCUT2D eigenvalue weighted by molar-refractivity contribution is 7.86. The van der Waals surface area contributed by atoms with Gasteiger partial charge in [0.1, 0.15) is 16.6 Å². The minimum Gasteiger partial charge on any atom is -0.374 e. The van der Waals surface area contributed by atoms with Crippen LogP contribution in [-0.2, 0) is 14.9 Å². The SMILES string of the molecule is CC1=NN(CO)C(=O)[C@@H]1N=Nc1ccc(-c2nc3ccc(C)c(S(=O)(=O)O)c3s2)cc1. The lowest BCUT2D eigenvalue weighted by Gasteiger charge is -2.07. The topological polar surface area (TPSA) is 145 Å². The van der Waals surface area contributed by atoms with E-state index in [-0.39, 0.29) is 4.90 Å². The Labute approximate surface area is 181 Å². The molecule has 10 nitrogen and oxygen atoms in total. The molecule has 0 radical (unpaired) electrons. The standard InChI is InChI=1S/C19H17N5O5S2/c1-10-3-8-14-16(17(10)31(27,28)29)30-18(20-14)12-4-6-13(7-5-12)21-22-15-11(2)23-24(9-25)19(15)26/h3-8,15,25H,9H2,1-2H3,(H,27,28,29)/t15-/m1/s1. The Balaban J connectivity index is 1.61. The molecule has 1 aliphatic heterocycles. The van der Waals surface area contributed by atoms with Crippen LogP contribution in [0.1, 0.15) is 12.5 Å². The van der Waals surface area contributed by atoms with Crippen LogP contribution in [0.5, 0.6) is 0 Å². The van der Waals surface area contributed by atoms with E-state index < -0.39 is 28.8 Å². The number of fused-ring (bicyclic) bond motifs is 1. The zero-order valence-electron chi connectivity index (χ0n) is 16.4. The Kier molecular flexibility index (Phi) is 5.39. The third kappa shape index (κ3) is 3.97. The number of aliphatic hydroxyl groups excluding tert-OH is 1. The van der Waals surface area contributed by atoms with E-state index in [0.29, 0.717) is 32.2 Å². The molecule has 0 aliphatic carbocycles. The fraction of sp³-hybridized carbons (Fsp3) is 0.211. The monoisotopic (exact) mass is 459 g/mol. The average Bonchev–Trinajstić information content (AvgIpc) is 3.26. The van der Waals surface area contributed by atoms with Crippen molar-refractivity contribution >= 4 is 49.0 Å². The molecule has 1 atom stereocenters. The van der Waals surface area contributed by atoms with Crippen LogP contribution in [0.15, 0.2) is 56.6 Å². The van der Waals surface area contributed by atoms with Crippen LogP contribution in [0.4, 0.5) is 5.69 Å². The van der Waals surface area contributed by atoms with E-state index in [4.69, 9.17) is 5.11 Å². The third-order valence-electron chi connectivity index (χ3n) is 4.67. The molecule has 0 spiro atoms. The van der Waals surface area contributed by atoms with Gasteiger partial charge in [0, 0.05) is 5.56 Å². The molecule has 160 valence electrons. The van der Waals surface area contributed by atoms with Crippen molar-refractivity contribution in [3.8, 4) is 10.6 Å². The summed E-state index contributed by atoms with van der Waals surface area (Å²) in [4.78, 5) is 16.4. The average molecular weight is 460 g/mol. The van der Waals surface area contributed by atoms with Gasteiger partial charge in [0.25, 0.3) is 16.0 Å². The minimum absolute atomic E-state index is 0.130. The van der Waals surface area contributed by atoms with Gasteiger partial charge in [-0.2, -0.15) is 23.7 Å². The Bertz CT molecular complexity index is 1350. The van der Waals surface area contributed by atoms with Gasteiger partial charge >= 0.3 is 0 Å². The summed E-state index contributed by atoms with van der Waals surface area (Å²) >= 11 is 1.17. The number of nitrogens with zero attached hydrogens (tertiary/aromatic N) is 5.